The molecule has 0 aromatic heterocycles. The van der Waals surface area contributed by atoms with Crippen molar-refractivity contribution >= 4 is 11.9 Å². The van der Waals surface area contributed by atoms with Gasteiger partial charge in [-0.05, 0) is 49.4 Å². The van der Waals surface area contributed by atoms with Crippen LogP contribution in [0.1, 0.15) is 106 Å². The Morgan fingerprint density at radius 1 is 0.600 bits per heavy atom. The molecule has 5 heteroatoms. The largest absolute Gasteiger partial charge is 0.550 e. The monoisotopic (exact) mass is 449 g/mol. The molecule has 155 valence electrons. The quantitative estimate of drug-likeness (QED) is 0.377. The first kappa shape index (κ1) is 29.4. The maximum atomic E-state index is 10.0. The molecule has 0 unspecified atom stereocenters. The maximum absolute atomic E-state index is 10.0. The molecule has 0 saturated carbocycles. The molecule has 0 N–H and O–H groups in total. The van der Waals surface area contributed by atoms with Crippen molar-refractivity contribution in [1.82, 2.24) is 0 Å². The molecule has 0 fully saturated rings. The van der Waals surface area contributed by atoms with E-state index >= 15 is 0 Å². The number of carbonyl (C=O) groups excluding carboxylic acids is 2. The van der Waals surface area contributed by atoms with Crippen molar-refractivity contribution in [2.24, 2.45) is 10.8 Å². The Kier molecular flexibility index (Phi) is 18.7. The summed E-state index contributed by atoms with van der Waals surface area (Å²) in [5, 5.41) is 20.1. The molecule has 0 spiro atoms. The molecule has 0 rings (SSSR count). The minimum Gasteiger partial charge on any atom is -0.550 e. The van der Waals surface area contributed by atoms with Gasteiger partial charge in [-0.15, -0.1) is 0 Å². The number of aliphatic carboxylic acids is 2. The number of carboxylic acid groups (broad SMARTS) is 2. The van der Waals surface area contributed by atoms with Crippen molar-refractivity contribution in [3.63, 3.8) is 0 Å². The van der Waals surface area contributed by atoms with Crippen molar-refractivity contribution in [3.8, 4) is 0 Å². The number of hydrogen-bond donors (Lipinski definition) is 0. The standard InChI is InChI=1S/2C10H20O2.Ag/c2*1-10(2,3)8-6-4-5-7-9(11)12;/h2*4-8H2,1-3H3,(H,11,12);/p-2. The summed E-state index contributed by atoms with van der Waals surface area (Å²) in [5.74, 6) is -1.85. The number of carboxylic acids is 2. The first-order valence-electron chi connectivity index (χ1n) is 9.23. The van der Waals surface area contributed by atoms with E-state index in [4.69, 9.17) is 0 Å². The van der Waals surface area contributed by atoms with Crippen LogP contribution in [-0.4, -0.2) is 11.9 Å². The van der Waals surface area contributed by atoms with Gasteiger partial charge < -0.3 is 19.8 Å². The number of unbranched alkanes of at least 4 members (excludes halogenated alkanes) is 4. The van der Waals surface area contributed by atoms with Crippen molar-refractivity contribution < 1.29 is 42.2 Å². The van der Waals surface area contributed by atoms with Crippen molar-refractivity contribution in [2.75, 3.05) is 0 Å². The van der Waals surface area contributed by atoms with Crippen LogP contribution in [0.5, 0.6) is 0 Å². The Bertz CT molecular complexity index is 307. The second kappa shape index (κ2) is 15.9. The third kappa shape index (κ3) is 35.6. The first-order valence-corrected chi connectivity index (χ1v) is 9.23. The van der Waals surface area contributed by atoms with E-state index in [0.717, 1.165) is 38.5 Å². The minimum absolute atomic E-state index is 0. The fourth-order valence-corrected chi connectivity index (χ4v) is 2.20. The Labute approximate surface area is 170 Å². The van der Waals surface area contributed by atoms with Gasteiger partial charge in [-0.1, -0.05) is 67.2 Å². The van der Waals surface area contributed by atoms with Crippen LogP contribution in [0, 0.1) is 10.8 Å². The van der Waals surface area contributed by atoms with Crippen LogP contribution in [0.3, 0.4) is 0 Å². The second-order valence-corrected chi connectivity index (χ2v) is 8.99. The molecule has 0 amide bonds. The third-order valence-corrected chi connectivity index (χ3v) is 3.62. The zero-order valence-corrected chi connectivity index (χ0v) is 18.5. The second-order valence-electron chi connectivity index (χ2n) is 8.99. The van der Waals surface area contributed by atoms with E-state index in [0.29, 0.717) is 10.8 Å². The molecule has 0 aliphatic rings. The molecule has 0 aromatic carbocycles. The summed E-state index contributed by atoms with van der Waals surface area (Å²) in [7, 11) is 0. The maximum Gasteiger partial charge on any atom is 0.0414 e. The zero-order chi connectivity index (χ0) is 19.2. The summed E-state index contributed by atoms with van der Waals surface area (Å²) in [5.41, 5.74) is 0.753. The average Bonchev–Trinajstić information content (AvgIpc) is 2.35. The Morgan fingerprint density at radius 3 is 1.08 bits per heavy atom. The zero-order valence-electron chi connectivity index (χ0n) is 17.0. The molecular formula is C20H38AgO4-2. The molecule has 25 heavy (non-hydrogen) atoms. The van der Waals surface area contributed by atoms with Crippen LogP contribution < -0.4 is 10.2 Å². The molecule has 0 saturated heterocycles. The van der Waals surface area contributed by atoms with E-state index < -0.39 is 11.9 Å². The van der Waals surface area contributed by atoms with E-state index in [-0.39, 0.29) is 35.2 Å². The van der Waals surface area contributed by atoms with Gasteiger partial charge in [0.2, 0.25) is 0 Å². The normalized spacial score (nSPS) is 11.1. The van der Waals surface area contributed by atoms with Gasteiger partial charge in [0, 0.05) is 34.3 Å². The SMILES string of the molecule is CC(C)(C)CCCCCC(=O)[O-].CC(C)(C)CCCCCC(=O)[O-].[Ag]. The number of rotatable bonds is 10. The summed E-state index contributed by atoms with van der Waals surface area (Å²) < 4.78 is 0. The molecule has 0 heterocycles. The Morgan fingerprint density at radius 2 is 0.880 bits per heavy atom. The smallest absolute Gasteiger partial charge is 0.0414 e. The van der Waals surface area contributed by atoms with Gasteiger partial charge in [0.15, 0.2) is 0 Å². The Hall–Kier alpha value is -0.320. The van der Waals surface area contributed by atoms with Crippen molar-refractivity contribution in [1.29, 1.82) is 0 Å². The molecular weight excluding hydrogens is 412 g/mol. The van der Waals surface area contributed by atoms with Crippen LogP contribution in [0.25, 0.3) is 0 Å². The molecule has 0 aliphatic carbocycles. The number of hydrogen-bond acceptors (Lipinski definition) is 4. The predicted molar refractivity (Wildman–Crippen MR) is 95.1 cm³/mol. The molecule has 0 bridgehead atoms. The van der Waals surface area contributed by atoms with Crippen LogP contribution in [0.4, 0.5) is 0 Å². The van der Waals surface area contributed by atoms with Gasteiger partial charge in [-0.25, -0.2) is 0 Å². The summed E-state index contributed by atoms with van der Waals surface area (Å²) in [6.07, 6.45) is 8.54. The first-order chi connectivity index (χ1) is 10.8. The van der Waals surface area contributed by atoms with E-state index in [1.165, 1.54) is 12.8 Å². The summed E-state index contributed by atoms with van der Waals surface area (Å²) >= 11 is 0. The van der Waals surface area contributed by atoms with Gasteiger partial charge in [0.05, 0.1) is 0 Å². The van der Waals surface area contributed by atoms with Crippen LogP contribution in [-0.2, 0) is 32.0 Å². The van der Waals surface area contributed by atoms with Gasteiger partial charge >= 0.3 is 0 Å². The van der Waals surface area contributed by atoms with Crippen LogP contribution >= 0.6 is 0 Å². The molecule has 4 nitrogen and oxygen atoms in total. The van der Waals surface area contributed by atoms with Crippen molar-refractivity contribution in [3.05, 3.63) is 0 Å². The summed E-state index contributed by atoms with van der Waals surface area (Å²) in [4.78, 5) is 20.1. The fourth-order valence-electron chi connectivity index (χ4n) is 2.20. The minimum atomic E-state index is -0.925. The molecule has 1 radical (unpaired) electrons. The van der Waals surface area contributed by atoms with Crippen LogP contribution in [0.2, 0.25) is 0 Å². The van der Waals surface area contributed by atoms with Gasteiger partial charge in [0.1, 0.15) is 0 Å². The van der Waals surface area contributed by atoms with E-state index in [2.05, 4.69) is 41.5 Å². The van der Waals surface area contributed by atoms with Gasteiger partial charge in [0.25, 0.3) is 0 Å². The number of carbonyl (C=O) groups is 2. The van der Waals surface area contributed by atoms with E-state index in [1.807, 2.05) is 0 Å². The molecule has 0 aliphatic heterocycles. The van der Waals surface area contributed by atoms with Gasteiger partial charge in [-0.2, -0.15) is 0 Å². The van der Waals surface area contributed by atoms with E-state index in [9.17, 15) is 19.8 Å². The fraction of sp³-hybridized carbons (Fsp3) is 0.900. The van der Waals surface area contributed by atoms with Crippen molar-refractivity contribution in [2.45, 2.75) is 106 Å². The van der Waals surface area contributed by atoms with Gasteiger partial charge in [-0.3, -0.25) is 0 Å². The Balaban J connectivity index is -0.000000372. The molecule has 0 aromatic rings. The van der Waals surface area contributed by atoms with E-state index in [1.54, 1.807) is 0 Å². The topological polar surface area (TPSA) is 80.3 Å². The van der Waals surface area contributed by atoms with Crippen LogP contribution in [0.15, 0.2) is 0 Å². The predicted octanol–water partition coefficient (Wildman–Crippen LogP) is 3.46. The summed E-state index contributed by atoms with van der Waals surface area (Å²) in [6.45, 7) is 13.2. The summed E-state index contributed by atoms with van der Waals surface area (Å²) in [6, 6.07) is 0. The average molecular weight is 450 g/mol. The molecule has 0 atom stereocenters. The third-order valence-electron chi connectivity index (χ3n) is 3.62.